The van der Waals surface area contributed by atoms with Crippen LogP contribution in [0.2, 0.25) is 0 Å². The number of halogens is 1. The molecule has 0 saturated heterocycles. The van der Waals surface area contributed by atoms with Crippen LogP contribution in [0.4, 0.5) is 0 Å². The van der Waals surface area contributed by atoms with Crippen molar-refractivity contribution in [3.05, 3.63) is 22.8 Å². The molecule has 0 fully saturated rings. The second-order valence-corrected chi connectivity index (χ2v) is 2.12. The van der Waals surface area contributed by atoms with Crippen LogP contribution in [0.3, 0.4) is 0 Å². The molecule has 1 heterocycles. The van der Waals surface area contributed by atoms with Crippen molar-refractivity contribution in [3.63, 3.8) is 0 Å². The van der Waals surface area contributed by atoms with Gasteiger partial charge in [-0.3, -0.25) is 0 Å². The average molecular weight is 173 g/mol. The van der Waals surface area contributed by atoms with E-state index in [9.17, 15) is 0 Å². The van der Waals surface area contributed by atoms with Gasteiger partial charge in [0.15, 0.2) is 0 Å². The maximum Gasteiger partial charge on any atom is 0.211 e. The lowest BCUT2D eigenvalue weighted by atomic mass is 10.5. The van der Waals surface area contributed by atoms with Crippen molar-refractivity contribution < 1.29 is 5.11 Å². The maximum absolute atomic E-state index is 8.59. The zero-order chi connectivity index (χ0) is 5.98. The van der Waals surface area contributed by atoms with Crippen molar-refractivity contribution in [2.24, 2.45) is 0 Å². The summed E-state index contributed by atoms with van der Waals surface area (Å²) in [5.74, 6) is -0.00630. The van der Waals surface area contributed by atoms with Crippen LogP contribution in [0.25, 0.3) is 0 Å². The Bertz CT molecular complexity index is 151. The molecule has 8 heavy (non-hydrogen) atoms. The first-order valence-electron chi connectivity index (χ1n) is 2.02. The lowest BCUT2D eigenvalue weighted by Crippen LogP contribution is -1.70. The Morgan fingerprint density at radius 3 is 2.75 bits per heavy atom. The highest BCUT2D eigenvalue weighted by Crippen LogP contribution is 2.08. The monoisotopic (exact) mass is 172 g/mol. The first-order chi connectivity index (χ1) is 3.79. The molecule has 0 bridgehead atoms. The molecule has 1 N–H and O–H groups in total. The third-order valence-electron chi connectivity index (χ3n) is 0.656. The summed E-state index contributed by atoms with van der Waals surface area (Å²) in [7, 11) is 0. The van der Waals surface area contributed by atoms with Gasteiger partial charge >= 0.3 is 0 Å². The van der Waals surface area contributed by atoms with Crippen molar-refractivity contribution in [1.29, 1.82) is 0 Å². The van der Waals surface area contributed by atoms with E-state index >= 15 is 0 Å². The minimum atomic E-state index is -0.00630. The van der Waals surface area contributed by atoms with Crippen molar-refractivity contribution in [3.8, 4) is 5.88 Å². The summed E-state index contributed by atoms with van der Waals surface area (Å²) in [6, 6.07) is 3.16. The quantitative estimate of drug-likeness (QED) is 0.642. The summed E-state index contributed by atoms with van der Waals surface area (Å²) < 4.78 is 0.746. The molecule has 1 aromatic rings. The zero-order valence-electron chi connectivity index (χ0n) is 3.93. The Morgan fingerprint density at radius 1 is 1.62 bits per heavy atom. The molecule has 0 aliphatic heterocycles. The number of hydrogen-bond donors (Lipinski definition) is 1. The Labute approximate surface area is 55.3 Å². The summed E-state index contributed by atoms with van der Waals surface area (Å²) in [4.78, 5) is 3.46. The van der Waals surface area contributed by atoms with Crippen LogP contribution < -0.4 is 0 Å². The Hall–Kier alpha value is -0.570. The first kappa shape index (κ1) is 5.56. The van der Waals surface area contributed by atoms with E-state index in [1.165, 1.54) is 6.07 Å². The second-order valence-electron chi connectivity index (χ2n) is 1.26. The third kappa shape index (κ3) is 1.20. The van der Waals surface area contributed by atoms with Gasteiger partial charge in [-0.2, -0.15) is 0 Å². The van der Waals surface area contributed by atoms with Gasteiger partial charge in [-0.1, -0.05) is 0 Å². The van der Waals surface area contributed by atoms with Crippen molar-refractivity contribution in [2.45, 2.75) is 0 Å². The lowest BCUT2D eigenvalue weighted by Gasteiger charge is -1.85. The molecule has 1 rings (SSSR count). The fraction of sp³-hybridized carbons (Fsp3) is 0. The van der Waals surface area contributed by atoms with Gasteiger partial charge in [-0.25, -0.2) is 4.98 Å². The van der Waals surface area contributed by atoms with E-state index in [0.717, 1.165) is 4.47 Å². The van der Waals surface area contributed by atoms with E-state index in [2.05, 4.69) is 27.1 Å². The minimum Gasteiger partial charge on any atom is -0.493 e. The molecule has 1 aromatic heterocycles. The van der Waals surface area contributed by atoms with E-state index in [1.807, 2.05) is 0 Å². The number of rotatable bonds is 0. The average Bonchev–Trinajstić information content (AvgIpc) is 1.77. The van der Waals surface area contributed by atoms with E-state index in [0.29, 0.717) is 0 Å². The van der Waals surface area contributed by atoms with Crippen LogP contribution >= 0.6 is 15.9 Å². The minimum absolute atomic E-state index is 0.00630. The molecule has 0 amide bonds. The van der Waals surface area contributed by atoms with Crippen molar-refractivity contribution >= 4 is 15.9 Å². The predicted octanol–water partition coefficient (Wildman–Crippen LogP) is 1.35. The van der Waals surface area contributed by atoms with Crippen LogP contribution in [0.1, 0.15) is 0 Å². The molecule has 0 aliphatic carbocycles. The van der Waals surface area contributed by atoms with Gasteiger partial charge in [0, 0.05) is 10.5 Å². The number of pyridine rings is 1. The Kier molecular flexibility index (Phi) is 1.48. The van der Waals surface area contributed by atoms with Crippen LogP contribution in [0.15, 0.2) is 16.6 Å². The maximum atomic E-state index is 8.59. The van der Waals surface area contributed by atoms with Gasteiger partial charge in [0.1, 0.15) is 6.20 Å². The smallest absolute Gasteiger partial charge is 0.211 e. The van der Waals surface area contributed by atoms with E-state index in [-0.39, 0.29) is 5.88 Å². The summed E-state index contributed by atoms with van der Waals surface area (Å²) in [5.41, 5.74) is 0. The molecule has 0 aliphatic rings. The van der Waals surface area contributed by atoms with Gasteiger partial charge < -0.3 is 5.11 Å². The Balaban J connectivity index is 3.03. The molecule has 1 radical (unpaired) electrons. The van der Waals surface area contributed by atoms with Gasteiger partial charge in [-0.05, 0) is 22.0 Å². The highest BCUT2D eigenvalue weighted by Gasteiger charge is 1.86. The van der Waals surface area contributed by atoms with Crippen molar-refractivity contribution in [2.75, 3.05) is 0 Å². The molecule has 0 saturated carbocycles. The van der Waals surface area contributed by atoms with Crippen LogP contribution in [-0.2, 0) is 0 Å². The molecule has 3 heteroatoms. The van der Waals surface area contributed by atoms with Crippen LogP contribution in [-0.4, -0.2) is 10.1 Å². The first-order valence-corrected chi connectivity index (χ1v) is 2.81. The zero-order valence-corrected chi connectivity index (χ0v) is 5.51. The van der Waals surface area contributed by atoms with Gasteiger partial charge in [-0.15, -0.1) is 0 Å². The largest absolute Gasteiger partial charge is 0.493 e. The van der Waals surface area contributed by atoms with E-state index in [1.54, 1.807) is 6.07 Å². The van der Waals surface area contributed by atoms with Gasteiger partial charge in [0.2, 0.25) is 5.88 Å². The molecule has 0 atom stereocenters. The number of aromatic nitrogens is 1. The molecule has 0 unspecified atom stereocenters. The van der Waals surface area contributed by atoms with E-state index in [4.69, 9.17) is 5.11 Å². The highest BCUT2D eigenvalue weighted by atomic mass is 79.9. The highest BCUT2D eigenvalue weighted by molar-refractivity contribution is 9.10. The summed E-state index contributed by atoms with van der Waals surface area (Å²) >= 11 is 3.12. The fourth-order valence-corrected chi connectivity index (χ4v) is 0.554. The fourth-order valence-electron chi connectivity index (χ4n) is 0.333. The molecule has 2 nitrogen and oxygen atoms in total. The lowest BCUT2D eigenvalue weighted by molar-refractivity contribution is 0.453. The van der Waals surface area contributed by atoms with Crippen LogP contribution in [0.5, 0.6) is 5.88 Å². The van der Waals surface area contributed by atoms with Gasteiger partial charge in [0.25, 0.3) is 0 Å². The molecular weight excluding hydrogens is 170 g/mol. The number of nitrogens with zero attached hydrogens (tertiary/aromatic N) is 1. The number of hydrogen-bond acceptors (Lipinski definition) is 2. The van der Waals surface area contributed by atoms with Crippen molar-refractivity contribution in [1.82, 2.24) is 4.98 Å². The molecule has 0 aromatic carbocycles. The predicted molar refractivity (Wildman–Crippen MR) is 32.4 cm³/mol. The molecule has 0 spiro atoms. The molecular formula is C5H3BrNO. The third-order valence-corrected chi connectivity index (χ3v) is 1.10. The topological polar surface area (TPSA) is 33.1 Å². The summed E-state index contributed by atoms with van der Waals surface area (Å²) in [5, 5.41) is 8.59. The molecule has 41 valence electrons. The summed E-state index contributed by atoms with van der Waals surface area (Å²) in [6.07, 6.45) is 2.52. The standard InChI is InChI=1S/C5H3BrNO/c6-4-1-2-5(8)7-3-4/h1-2H,(H,7,8). The Morgan fingerprint density at radius 2 is 2.38 bits per heavy atom. The van der Waals surface area contributed by atoms with E-state index < -0.39 is 0 Å². The normalized spacial score (nSPS) is 9.12. The SMILES string of the molecule is Oc1ccc(Br)[c]n1. The van der Waals surface area contributed by atoms with Crippen LogP contribution in [0, 0.1) is 6.20 Å². The summed E-state index contributed by atoms with van der Waals surface area (Å²) in [6.45, 7) is 0. The number of aromatic hydroxyl groups is 1. The van der Waals surface area contributed by atoms with Gasteiger partial charge in [0.05, 0.1) is 0 Å². The second kappa shape index (κ2) is 2.13.